The molecular formula is C17H22ClN3O2. The van der Waals surface area contributed by atoms with E-state index >= 15 is 0 Å². The summed E-state index contributed by atoms with van der Waals surface area (Å²) in [6.45, 7) is 5.16. The first-order valence-electron chi connectivity index (χ1n) is 7.64. The SMILES string of the molecule is Cc1nc(-c2ccccc2)oc1C(=O)N1CC(CN)CC1C.Cl. The van der Waals surface area contributed by atoms with E-state index in [-0.39, 0.29) is 24.4 Å². The highest BCUT2D eigenvalue weighted by molar-refractivity contribution is 5.93. The number of benzene rings is 1. The van der Waals surface area contributed by atoms with Gasteiger partial charge in [-0.1, -0.05) is 18.2 Å². The van der Waals surface area contributed by atoms with E-state index in [1.807, 2.05) is 42.2 Å². The van der Waals surface area contributed by atoms with Crippen LogP contribution in [0.1, 0.15) is 29.6 Å². The van der Waals surface area contributed by atoms with Crippen molar-refractivity contribution in [3.05, 3.63) is 41.8 Å². The Morgan fingerprint density at radius 3 is 2.70 bits per heavy atom. The molecule has 1 aliphatic heterocycles. The second-order valence-corrected chi connectivity index (χ2v) is 5.94. The summed E-state index contributed by atoms with van der Waals surface area (Å²) in [6.07, 6.45) is 0.945. The van der Waals surface area contributed by atoms with Crippen LogP contribution in [0.4, 0.5) is 0 Å². The Morgan fingerprint density at radius 1 is 1.39 bits per heavy atom. The number of oxazole rings is 1. The van der Waals surface area contributed by atoms with Gasteiger partial charge >= 0.3 is 0 Å². The van der Waals surface area contributed by atoms with Crippen LogP contribution in [0.5, 0.6) is 0 Å². The van der Waals surface area contributed by atoms with E-state index in [1.165, 1.54) is 0 Å². The van der Waals surface area contributed by atoms with E-state index < -0.39 is 0 Å². The van der Waals surface area contributed by atoms with Crippen LogP contribution in [0.25, 0.3) is 11.5 Å². The number of aromatic nitrogens is 1. The van der Waals surface area contributed by atoms with E-state index in [9.17, 15) is 4.79 Å². The summed E-state index contributed by atoms with van der Waals surface area (Å²) in [5, 5.41) is 0. The molecule has 5 nitrogen and oxygen atoms in total. The monoisotopic (exact) mass is 335 g/mol. The molecular weight excluding hydrogens is 314 g/mol. The van der Waals surface area contributed by atoms with Gasteiger partial charge in [-0.3, -0.25) is 4.79 Å². The number of aryl methyl sites for hydroxylation is 1. The molecule has 0 radical (unpaired) electrons. The quantitative estimate of drug-likeness (QED) is 0.936. The van der Waals surface area contributed by atoms with E-state index in [4.69, 9.17) is 10.2 Å². The molecule has 0 aliphatic carbocycles. The van der Waals surface area contributed by atoms with Crippen LogP contribution >= 0.6 is 12.4 Å². The van der Waals surface area contributed by atoms with Crippen molar-refractivity contribution in [1.29, 1.82) is 0 Å². The number of likely N-dealkylation sites (tertiary alicyclic amines) is 1. The molecule has 1 aromatic heterocycles. The van der Waals surface area contributed by atoms with Gasteiger partial charge in [0.25, 0.3) is 5.91 Å². The Labute approximate surface area is 142 Å². The molecule has 3 rings (SSSR count). The molecule has 0 bridgehead atoms. The highest BCUT2D eigenvalue weighted by atomic mass is 35.5. The molecule has 6 heteroatoms. The van der Waals surface area contributed by atoms with E-state index in [0.29, 0.717) is 36.4 Å². The molecule has 2 N–H and O–H groups in total. The maximum atomic E-state index is 12.7. The van der Waals surface area contributed by atoms with Gasteiger partial charge in [0, 0.05) is 18.2 Å². The summed E-state index contributed by atoms with van der Waals surface area (Å²) in [7, 11) is 0. The van der Waals surface area contributed by atoms with Crippen LogP contribution in [0.3, 0.4) is 0 Å². The summed E-state index contributed by atoms with van der Waals surface area (Å²) in [5.41, 5.74) is 7.24. The number of rotatable bonds is 3. The maximum Gasteiger partial charge on any atom is 0.291 e. The van der Waals surface area contributed by atoms with E-state index in [2.05, 4.69) is 11.9 Å². The molecule has 2 unspecified atom stereocenters. The average Bonchev–Trinajstić information content (AvgIpc) is 3.10. The number of amides is 1. The first kappa shape index (κ1) is 17.5. The third-order valence-electron chi connectivity index (χ3n) is 4.27. The summed E-state index contributed by atoms with van der Waals surface area (Å²) >= 11 is 0. The Bertz CT molecular complexity index is 672. The lowest BCUT2D eigenvalue weighted by atomic mass is 10.1. The Morgan fingerprint density at radius 2 is 2.09 bits per heavy atom. The van der Waals surface area contributed by atoms with E-state index in [1.54, 1.807) is 0 Å². The summed E-state index contributed by atoms with van der Waals surface area (Å²) in [5.74, 6) is 1.11. The van der Waals surface area contributed by atoms with Gasteiger partial charge in [-0.25, -0.2) is 4.98 Å². The van der Waals surface area contributed by atoms with Gasteiger partial charge in [-0.05, 0) is 44.9 Å². The van der Waals surface area contributed by atoms with Gasteiger partial charge in [0.15, 0.2) is 0 Å². The molecule has 23 heavy (non-hydrogen) atoms. The van der Waals surface area contributed by atoms with Crippen molar-refractivity contribution < 1.29 is 9.21 Å². The zero-order chi connectivity index (χ0) is 15.7. The predicted molar refractivity (Wildman–Crippen MR) is 91.6 cm³/mol. The molecule has 0 spiro atoms. The minimum absolute atomic E-state index is 0. The van der Waals surface area contributed by atoms with Crippen molar-refractivity contribution in [2.45, 2.75) is 26.3 Å². The first-order valence-corrected chi connectivity index (χ1v) is 7.64. The van der Waals surface area contributed by atoms with Gasteiger partial charge in [-0.15, -0.1) is 12.4 Å². The third kappa shape index (κ3) is 3.41. The highest BCUT2D eigenvalue weighted by Gasteiger charge is 2.34. The minimum Gasteiger partial charge on any atom is -0.431 e. The number of halogens is 1. The molecule has 2 atom stereocenters. The van der Waals surface area contributed by atoms with Crippen molar-refractivity contribution in [3.8, 4) is 11.5 Å². The van der Waals surface area contributed by atoms with Crippen LogP contribution in [0.2, 0.25) is 0 Å². The minimum atomic E-state index is -0.0874. The lowest BCUT2D eigenvalue weighted by Gasteiger charge is -2.20. The molecule has 2 aromatic rings. The average molecular weight is 336 g/mol. The summed E-state index contributed by atoms with van der Waals surface area (Å²) in [4.78, 5) is 19.0. The fourth-order valence-electron chi connectivity index (χ4n) is 3.03. The van der Waals surface area contributed by atoms with Crippen LogP contribution in [-0.4, -0.2) is 34.9 Å². The zero-order valence-corrected chi connectivity index (χ0v) is 14.2. The van der Waals surface area contributed by atoms with Gasteiger partial charge in [0.05, 0.1) is 5.69 Å². The summed E-state index contributed by atoms with van der Waals surface area (Å²) in [6, 6.07) is 9.80. The van der Waals surface area contributed by atoms with Gasteiger partial charge in [0.1, 0.15) is 0 Å². The molecule has 1 aromatic carbocycles. The second kappa shape index (κ2) is 7.15. The first-order chi connectivity index (χ1) is 10.6. The molecule has 1 aliphatic rings. The number of nitrogens with zero attached hydrogens (tertiary/aromatic N) is 2. The third-order valence-corrected chi connectivity index (χ3v) is 4.27. The maximum absolute atomic E-state index is 12.7. The molecule has 1 fully saturated rings. The molecule has 1 saturated heterocycles. The Balaban J connectivity index is 0.00000192. The van der Waals surface area contributed by atoms with Crippen LogP contribution in [-0.2, 0) is 0 Å². The highest BCUT2D eigenvalue weighted by Crippen LogP contribution is 2.27. The van der Waals surface area contributed by atoms with Crippen molar-refractivity contribution in [2.24, 2.45) is 11.7 Å². The van der Waals surface area contributed by atoms with Crippen molar-refractivity contribution in [3.63, 3.8) is 0 Å². The van der Waals surface area contributed by atoms with Crippen LogP contribution < -0.4 is 5.73 Å². The number of nitrogens with two attached hydrogens (primary N) is 1. The zero-order valence-electron chi connectivity index (χ0n) is 13.4. The van der Waals surface area contributed by atoms with Crippen molar-refractivity contribution in [1.82, 2.24) is 9.88 Å². The Kier molecular flexibility index (Phi) is 5.44. The van der Waals surface area contributed by atoms with Gasteiger partial charge in [-0.2, -0.15) is 0 Å². The predicted octanol–water partition coefficient (Wildman–Crippen LogP) is 2.88. The fourth-order valence-corrected chi connectivity index (χ4v) is 3.03. The molecule has 0 saturated carbocycles. The smallest absolute Gasteiger partial charge is 0.291 e. The van der Waals surface area contributed by atoms with E-state index in [0.717, 1.165) is 12.0 Å². The molecule has 124 valence electrons. The van der Waals surface area contributed by atoms with Gasteiger partial charge < -0.3 is 15.1 Å². The number of hydrogen-bond acceptors (Lipinski definition) is 4. The largest absolute Gasteiger partial charge is 0.431 e. The molecule has 2 heterocycles. The standard InChI is InChI=1S/C17H21N3O2.ClH/c1-11-8-13(9-18)10-20(11)17(21)15-12(2)19-16(22-15)14-6-4-3-5-7-14;/h3-7,11,13H,8-10,18H2,1-2H3;1H. The number of carbonyl (C=O) groups excluding carboxylic acids is 1. The van der Waals surface area contributed by atoms with Crippen molar-refractivity contribution >= 4 is 18.3 Å². The second-order valence-electron chi connectivity index (χ2n) is 5.94. The topological polar surface area (TPSA) is 72.4 Å². The normalized spacial score (nSPS) is 20.4. The lowest BCUT2D eigenvalue weighted by Crippen LogP contribution is -2.34. The van der Waals surface area contributed by atoms with Crippen LogP contribution in [0, 0.1) is 12.8 Å². The number of carbonyl (C=O) groups is 1. The van der Waals surface area contributed by atoms with Crippen molar-refractivity contribution in [2.75, 3.05) is 13.1 Å². The fraction of sp³-hybridized carbons (Fsp3) is 0.412. The number of hydrogen-bond donors (Lipinski definition) is 1. The Hall–Kier alpha value is -1.85. The van der Waals surface area contributed by atoms with Crippen LogP contribution in [0.15, 0.2) is 34.7 Å². The lowest BCUT2D eigenvalue weighted by molar-refractivity contribution is 0.0711. The van der Waals surface area contributed by atoms with Gasteiger partial charge in [0.2, 0.25) is 11.7 Å². The summed E-state index contributed by atoms with van der Waals surface area (Å²) < 4.78 is 5.76. The molecule has 1 amide bonds.